The normalized spacial score (nSPS) is 11.4. The van der Waals surface area contributed by atoms with Crippen LogP contribution in [0.3, 0.4) is 0 Å². The van der Waals surface area contributed by atoms with Gasteiger partial charge in [0.05, 0.1) is 11.3 Å². The molecule has 0 saturated carbocycles. The Labute approximate surface area is 132 Å². The summed E-state index contributed by atoms with van der Waals surface area (Å²) in [4.78, 5) is 12.5. The molecule has 0 saturated heterocycles. The third kappa shape index (κ3) is 3.10. The third-order valence-corrected chi connectivity index (χ3v) is 3.37. The molecule has 1 aromatic carbocycles. The molecule has 0 aliphatic heterocycles. The van der Waals surface area contributed by atoms with Crippen LogP contribution in [0.5, 0.6) is 0 Å². The van der Waals surface area contributed by atoms with Crippen molar-refractivity contribution in [2.75, 3.05) is 5.32 Å². The Morgan fingerprint density at radius 3 is 2.70 bits per heavy atom. The zero-order valence-electron chi connectivity index (χ0n) is 13.1. The van der Waals surface area contributed by atoms with Crippen molar-refractivity contribution in [3.8, 4) is 5.69 Å². The van der Waals surface area contributed by atoms with Gasteiger partial charge in [-0.15, -0.1) is 5.10 Å². The van der Waals surface area contributed by atoms with Crippen molar-refractivity contribution in [3.63, 3.8) is 0 Å². The predicted molar refractivity (Wildman–Crippen MR) is 84.4 cm³/mol. The van der Waals surface area contributed by atoms with Crippen molar-refractivity contribution in [2.45, 2.75) is 26.2 Å². The fourth-order valence-corrected chi connectivity index (χ4v) is 2.09. The van der Waals surface area contributed by atoms with Gasteiger partial charge in [-0.1, -0.05) is 32.9 Å². The number of hydrogen-bond acceptors (Lipinski definition) is 5. The number of aromatic nitrogens is 6. The summed E-state index contributed by atoms with van der Waals surface area (Å²) >= 11 is 0. The van der Waals surface area contributed by atoms with Gasteiger partial charge in [-0.05, 0) is 22.6 Å². The lowest BCUT2D eigenvalue weighted by Crippen LogP contribution is -2.15. The molecule has 0 atom stereocenters. The third-order valence-electron chi connectivity index (χ3n) is 3.37. The number of para-hydroxylation sites is 1. The fraction of sp³-hybridized carbons (Fsp3) is 0.267. The Bertz CT molecular complexity index is 814. The van der Waals surface area contributed by atoms with Gasteiger partial charge in [-0.2, -0.15) is 9.78 Å². The van der Waals surface area contributed by atoms with Crippen LogP contribution in [-0.4, -0.2) is 36.3 Å². The lowest BCUT2D eigenvalue weighted by Gasteiger charge is -2.14. The summed E-state index contributed by atoms with van der Waals surface area (Å²) in [5.74, 6) is 0.203. The quantitative estimate of drug-likeness (QED) is 0.769. The molecule has 0 aliphatic rings. The highest BCUT2D eigenvalue weighted by Gasteiger charge is 2.19. The molecule has 1 amide bonds. The Morgan fingerprint density at radius 1 is 1.26 bits per heavy atom. The number of nitrogens with zero attached hydrogens (tertiary/aromatic N) is 5. The molecule has 2 heterocycles. The van der Waals surface area contributed by atoms with Crippen LogP contribution in [0.2, 0.25) is 0 Å². The van der Waals surface area contributed by atoms with Crippen LogP contribution in [-0.2, 0) is 5.41 Å². The van der Waals surface area contributed by atoms with E-state index in [9.17, 15) is 4.79 Å². The summed E-state index contributed by atoms with van der Waals surface area (Å²) in [7, 11) is 0. The van der Waals surface area contributed by atoms with E-state index in [1.807, 2.05) is 12.1 Å². The summed E-state index contributed by atoms with van der Waals surface area (Å²) in [5.41, 5.74) is 1.93. The SMILES string of the molecule is CC(C)(C)c1cc(NC(=O)c2ccccc2-n2cnnn2)n[nH]1. The average molecular weight is 311 g/mol. The van der Waals surface area contributed by atoms with Crippen LogP contribution in [0.15, 0.2) is 36.7 Å². The summed E-state index contributed by atoms with van der Waals surface area (Å²) in [6.07, 6.45) is 1.44. The molecule has 2 aromatic heterocycles. The van der Waals surface area contributed by atoms with Gasteiger partial charge in [0.2, 0.25) is 0 Å². The van der Waals surface area contributed by atoms with Gasteiger partial charge in [0.1, 0.15) is 6.33 Å². The van der Waals surface area contributed by atoms with E-state index in [0.29, 0.717) is 17.1 Å². The van der Waals surface area contributed by atoms with Gasteiger partial charge in [0.25, 0.3) is 5.91 Å². The second-order valence-corrected chi connectivity index (χ2v) is 6.14. The van der Waals surface area contributed by atoms with Gasteiger partial charge < -0.3 is 5.32 Å². The zero-order valence-corrected chi connectivity index (χ0v) is 13.1. The maximum atomic E-state index is 12.5. The van der Waals surface area contributed by atoms with Gasteiger partial charge in [-0.25, -0.2) is 0 Å². The topological polar surface area (TPSA) is 101 Å². The molecule has 8 heteroatoms. The van der Waals surface area contributed by atoms with Crippen LogP contribution in [0.4, 0.5) is 5.82 Å². The highest BCUT2D eigenvalue weighted by Crippen LogP contribution is 2.22. The Hall–Kier alpha value is -3.03. The molecule has 23 heavy (non-hydrogen) atoms. The van der Waals surface area contributed by atoms with Gasteiger partial charge in [-0.3, -0.25) is 9.89 Å². The van der Waals surface area contributed by atoms with Gasteiger partial charge in [0, 0.05) is 17.2 Å². The van der Waals surface area contributed by atoms with E-state index in [4.69, 9.17) is 0 Å². The molecule has 118 valence electrons. The first-order valence-corrected chi connectivity index (χ1v) is 7.15. The van der Waals surface area contributed by atoms with Crippen LogP contribution < -0.4 is 5.32 Å². The van der Waals surface area contributed by atoms with Crippen LogP contribution in [0, 0.1) is 0 Å². The Balaban J connectivity index is 1.86. The van der Waals surface area contributed by atoms with Crippen molar-refractivity contribution in [2.24, 2.45) is 0 Å². The first-order valence-electron chi connectivity index (χ1n) is 7.15. The van der Waals surface area contributed by atoms with Crippen molar-refractivity contribution in [3.05, 3.63) is 47.9 Å². The maximum absolute atomic E-state index is 12.5. The fourth-order valence-electron chi connectivity index (χ4n) is 2.09. The predicted octanol–water partition coefficient (Wildman–Crippen LogP) is 1.94. The van der Waals surface area contributed by atoms with Crippen LogP contribution >= 0.6 is 0 Å². The summed E-state index contributed by atoms with van der Waals surface area (Å²) in [5, 5.41) is 20.9. The standard InChI is InChI=1S/C15H17N7O/c1-15(2,3)12-8-13(19-18-12)17-14(23)10-6-4-5-7-11(10)22-9-16-20-21-22/h4-9H,1-3H3,(H2,17,18,19,23). The van der Waals surface area contributed by atoms with E-state index >= 15 is 0 Å². The lowest BCUT2D eigenvalue weighted by atomic mass is 9.92. The number of carbonyl (C=O) groups is 1. The van der Waals surface area contributed by atoms with E-state index in [2.05, 4.69) is 51.8 Å². The largest absolute Gasteiger partial charge is 0.305 e. The molecule has 0 fully saturated rings. The second kappa shape index (κ2) is 5.64. The van der Waals surface area contributed by atoms with E-state index < -0.39 is 0 Å². The first kappa shape index (κ1) is 14.9. The van der Waals surface area contributed by atoms with Crippen LogP contribution in [0.25, 0.3) is 5.69 Å². The number of nitrogens with one attached hydrogen (secondary N) is 2. The molecular weight excluding hydrogens is 294 g/mol. The summed E-state index contributed by atoms with van der Waals surface area (Å²) in [6.45, 7) is 6.21. The molecule has 3 rings (SSSR count). The van der Waals surface area contributed by atoms with E-state index in [1.165, 1.54) is 11.0 Å². The maximum Gasteiger partial charge on any atom is 0.259 e. The minimum Gasteiger partial charge on any atom is -0.305 e. The number of H-pyrrole nitrogens is 1. The monoisotopic (exact) mass is 311 g/mol. The number of tetrazole rings is 1. The molecular formula is C15H17N7O. The van der Waals surface area contributed by atoms with Crippen molar-refractivity contribution in [1.29, 1.82) is 0 Å². The van der Waals surface area contributed by atoms with E-state index in [1.54, 1.807) is 18.2 Å². The molecule has 0 spiro atoms. The highest BCUT2D eigenvalue weighted by molar-refractivity contribution is 6.06. The Kier molecular flexibility index (Phi) is 3.65. The number of aromatic amines is 1. The lowest BCUT2D eigenvalue weighted by molar-refractivity contribution is 0.102. The number of anilines is 1. The first-order chi connectivity index (χ1) is 10.9. The van der Waals surface area contributed by atoms with E-state index in [-0.39, 0.29) is 11.3 Å². The average Bonchev–Trinajstić information content (AvgIpc) is 3.18. The highest BCUT2D eigenvalue weighted by atomic mass is 16.1. The molecule has 0 unspecified atom stereocenters. The summed E-state index contributed by atoms with van der Waals surface area (Å²) < 4.78 is 1.44. The molecule has 2 N–H and O–H groups in total. The molecule has 3 aromatic rings. The molecule has 8 nitrogen and oxygen atoms in total. The number of carbonyl (C=O) groups excluding carboxylic acids is 1. The molecule has 0 aliphatic carbocycles. The summed E-state index contributed by atoms with van der Waals surface area (Å²) in [6, 6.07) is 8.92. The van der Waals surface area contributed by atoms with Crippen LogP contribution in [0.1, 0.15) is 36.8 Å². The number of rotatable bonds is 3. The van der Waals surface area contributed by atoms with Crippen molar-refractivity contribution >= 4 is 11.7 Å². The molecule has 0 bridgehead atoms. The van der Waals surface area contributed by atoms with Crippen molar-refractivity contribution < 1.29 is 4.79 Å². The minimum atomic E-state index is -0.275. The smallest absolute Gasteiger partial charge is 0.259 e. The molecule has 0 radical (unpaired) electrons. The van der Waals surface area contributed by atoms with Gasteiger partial charge in [0.15, 0.2) is 5.82 Å². The zero-order chi connectivity index (χ0) is 16.4. The number of amides is 1. The van der Waals surface area contributed by atoms with Gasteiger partial charge >= 0.3 is 0 Å². The Morgan fingerprint density at radius 2 is 2.04 bits per heavy atom. The second-order valence-electron chi connectivity index (χ2n) is 6.14. The van der Waals surface area contributed by atoms with E-state index in [0.717, 1.165) is 5.69 Å². The number of hydrogen-bond donors (Lipinski definition) is 2. The minimum absolute atomic E-state index is 0.0692. The number of benzene rings is 1. The van der Waals surface area contributed by atoms with Crippen molar-refractivity contribution in [1.82, 2.24) is 30.4 Å².